The lowest BCUT2D eigenvalue weighted by atomic mass is 10.1. The molecule has 0 radical (unpaired) electrons. The lowest BCUT2D eigenvalue weighted by Gasteiger charge is -2.27. The average Bonchev–Trinajstić information content (AvgIpc) is 2.47. The minimum absolute atomic E-state index is 0.216. The summed E-state index contributed by atoms with van der Waals surface area (Å²) in [6.45, 7) is 0.946. The van der Waals surface area contributed by atoms with Crippen molar-refractivity contribution in [3.63, 3.8) is 0 Å². The van der Waals surface area contributed by atoms with Crippen LogP contribution in [0.3, 0.4) is 0 Å². The van der Waals surface area contributed by atoms with Crippen LogP contribution in [0.25, 0.3) is 0 Å². The molecule has 0 aliphatic carbocycles. The molecule has 0 heterocycles. The van der Waals surface area contributed by atoms with Crippen LogP contribution in [0.2, 0.25) is 0 Å². The molecule has 0 aromatic heterocycles. The van der Waals surface area contributed by atoms with Gasteiger partial charge in [0, 0.05) is 24.1 Å². The van der Waals surface area contributed by atoms with Crippen LogP contribution in [0.1, 0.15) is 11.1 Å². The molecule has 0 atom stereocenters. The molecule has 21 heavy (non-hydrogen) atoms. The first-order valence-corrected chi connectivity index (χ1v) is 7.65. The lowest BCUT2D eigenvalue weighted by Crippen LogP contribution is -2.27. The van der Waals surface area contributed by atoms with Crippen molar-refractivity contribution >= 4 is 21.6 Å². The van der Waals surface area contributed by atoms with E-state index in [4.69, 9.17) is 0 Å². The molecule has 0 aliphatic heterocycles. The van der Waals surface area contributed by atoms with Crippen molar-refractivity contribution in [3.05, 3.63) is 65.7 Å². The minimum Gasteiger partial charge on any atom is -0.366 e. The molecule has 0 saturated heterocycles. The van der Waals surface area contributed by atoms with Gasteiger partial charge >= 0.3 is 6.18 Å². The van der Waals surface area contributed by atoms with E-state index in [-0.39, 0.29) is 5.69 Å². The standard InChI is InChI=1S/C16H15BrF3N/c17-10-11-21(12-13-6-2-1-3-7-13)15-9-5-4-8-14(15)16(18,19)20/h1-9H,10-12H2. The van der Waals surface area contributed by atoms with Gasteiger partial charge in [-0.2, -0.15) is 13.2 Å². The minimum atomic E-state index is -4.35. The van der Waals surface area contributed by atoms with E-state index in [1.54, 1.807) is 11.0 Å². The lowest BCUT2D eigenvalue weighted by molar-refractivity contribution is -0.137. The zero-order valence-electron chi connectivity index (χ0n) is 11.3. The second-order valence-corrected chi connectivity index (χ2v) is 5.40. The number of hydrogen-bond donors (Lipinski definition) is 0. The summed E-state index contributed by atoms with van der Waals surface area (Å²) in [5.74, 6) is 0. The fourth-order valence-electron chi connectivity index (χ4n) is 2.18. The van der Waals surface area contributed by atoms with Crippen molar-refractivity contribution in [2.45, 2.75) is 12.7 Å². The molecule has 0 spiro atoms. The van der Waals surface area contributed by atoms with Gasteiger partial charge in [-0.3, -0.25) is 0 Å². The quantitative estimate of drug-likeness (QED) is 0.672. The van der Waals surface area contributed by atoms with Crippen LogP contribution in [0, 0.1) is 0 Å². The Balaban J connectivity index is 2.35. The highest BCUT2D eigenvalue weighted by Gasteiger charge is 2.34. The molecule has 0 saturated carbocycles. The largest absolute Gasteiger partial charge is 0.418 e. The van der Waals surface area contributed by atoms with E-state index in [1.807, 2.05) is 30.3 Å². The molecule has 0 aliphatic rings. The average molecular weight is 358 g/mol. The van der Waals surface area contributed by atoms with Gasteiger partial charge in [-0.05, 0) is 17.7 Å². The SMILES string of the molecule is FC(F)(F)c1ccccc1N(CCBr)Cc1ccccc1. The normalized spacial score (nSPS) is 11.4. The van der Waals surface area contributed by atoms with Gasteiger partial charge in [0.15, 0.2) is 0 Å². The maximum Gasteiger partial charge on any atom is 0.418 e. The van der Waals surface area contributed by atoms with Gasteiger partial charge in [0.25, 0.3) is 0 Å². The maximum absolute atomic E-state index is 13.1. The van der Waals surface area contributed by atoms with E-state index < -0.39 is 11.7 Å². The summed E-state index contributed by atoms with van der Waals surface area (Å²) in [5, 5.41) is 0.603. The first-order valence-electron chi connectivity index (χ1n) is 6.53. The van der Waals surface area contributed by atoms with E-state index in [1.165, 1.54) is 12.1 Å². The number of hydrogen-bond acceptors (Lipinski definition) is 1. The van der Waals surface area contributed by atoms with Crippen molar-refractivity contribution in [3.8, 4) is 0 Å². The summed E-state index contributed by atoms with van der Waals surface area (Å²) < 4.78 is 39.4. The van der Waals surface area contributed by atoms with Crippen molar-refractivity contribution in [1.82, 2.24) is 0 Å². The van der Waals surface area contributed by atoms with Gasteiger partial charge in [-0.15, -0.1) is 0 Å². The van der Waals surface area contributed by atoms with Crippen LogP contribution < -0.4 is 4.90 Å². The number of halogens is 4. The van der Waals surface area contributed by atoms with Gasteiger partial charge in [-0.25, -0.2) is 0 Å². The van der Waals surface area contributed by atoms with Crippen molar-refractivity contribution in [2.24, 2.45) is 0 Å². The van der Waals surface area contributed by atoms with E-state index in [9.17, 15) is 13.2 Å². The molecule has 1 nitrogen and oxygen atoms in total. The number of nitrogens with zero attached hydrogens (tertiary/aromatic N) is 1. The predicted octanol–water partition coefficient (Wildman–Crippen LogP) is 5.11. The molecule has 112 valence electrons. The first kappa shape index (κ1) is 15.9. The molecule has 0 unspecified atom stereocenters. The van der Waals surface area contributed by atoms with Crippen LogP contribution in [0.5, 0.6) is 0 Å². The Labute approximate surface area is 130 Å². The third-order valence-corrected chi connectivity index (χ3v) is 3.48. The van der Waals surface area contributed by atoms with Crippen LogP contribution >= 0.6 is 15.9 Å². The van der Waals surface area contributed by atoms with E-state index in [0.717, 1.165) is 11.6 Å². The Morgan fingerprint density at radius 2 is 1.52 bits per heavy atom. The summed E-state index contributed by atoms with van der Waals surface area (Å²) >= 11 is 3.31. The second kappa shape index (κ2) is 6.98. The van der Waals surface area contributed by atoms with Gasteiger partial charge in [-0.1, -0.05) is 58.4 Å². The van der Waals surface area contributed by atoms with Crippen LogP contribution in [0.4, 0.5) is 18.9 Å². The fourth-order valence-corrected chi connectivity index (χ4v) is 2.61. The van der Waals surface area contributed by atoms with Crippen LogP contribution in [-0.4, -0.2) is 11.9 Å². The molecular weight excluding hydrogens is 343 g/mol. The summed E-state index contributed by atoms with van der Waals surface area (Å²) in [7, 11) is 0. The zero-order valence-corrected chi connectivity index (χ0v) is 12.9. The number of rotatable bonds is 5. The Morgan fingerprint density at radius 1 is 0.905 bits per heavy atom. The number of benzene rings is 2. The Morgan fingerprint density at radius 3 is 2.14 bits per heavy atom. The second-order valence-electron chi connectivity index (χ2n) is 4.61. The number of alkyl halides is 4. The van der Waals surface area contributed by atoms with Crippen LogP contribution in [-0.2, 0) is 12.7 Å². The monoisotopic (exact) mass is 357 g/mol. The highest BCUT2D eigenvalue weighted by atomic mass is 79.9. The third kappa shape index (κ3) is 4.24. The van der Waals surface area contributed by atoms with Crippen molar-refractivity contribution < 1.29 is 13.2 Å². The highest BCUT2D eigenvalue weighted by Crippen LogP contribution is 2.36. The smallest absolute Gasteiger partial charge is 0.366 e. The summed E-state index contributed by atoms with van der Waals surface area (Å²) in [4.78, 5) is 1.74. The highest BCUT2D eigenvalue weighted by molar-refractivity contribution is 9.09. The molecule has 0 amide bonds. The predicted molar refractivity (Wildman–Crippen MR) is 82.7 cm³/mol. The summed E-state index contributed by atoms with van der Waals surface area (Å²) in [5.41, 5.74) is 0.602. The summed E-state index contributed by atoms with van der Waals surface area (Å²) in [6.07, 6.45) is -4.35. The Kier molecular flexibility index (Phi) is 5.28. The van der Waals surface area contributed by atoms with Gasteiger partial charge in [0.2, 0.25) is 0 Å². The number of para-hydroxylation sites is 1. The van der Waals surface area contributed by atoms with Gasteiger partial charge in [0.05, 0.1) is 5.56 Å². The molecular formula is C16H15BrF3N. The van der Waals surface area contributed by atoms with Crippen molar-refractivity contribution in [1.29, 1.82) is 0 Å². The molecule has 2 aromatic carbocycles. The summed E-state index contributed by atoms with van der Waals surface area (Å²) in [6, 6.07) is 15.2. The number of anilines is 1. The van der Waals surface area contributed by atoms with Gasteiger partial charge < -0.3 is 4.90 Å². The van der Waals surface area contributed by atoms with E-state index in [0.29, 0.717) is 18.4 Å². The first-order chi connectivity index (χ1) is 10.0. The fraction of sp³-hybridized carbons (Fsp3) is 0.250. The maximum atomic E-state index is 13.1. The van der Waals surface area contributed by atoms with Gasteiger partial charge in [0.1, 0.15) is 0 Å². The molecule has 0 fully saturated rings. The van der Waals surface area contributed by atoms with E-state index in [2.05, 4.69) is 15.9 Å². The Hall–Kier alpha value is -1.49. The zero-order chi connectivity index (χ0) is 15.3. The molecule has 2 rings (SSSR count). The molecule has 5 heteroatoms. The molecule has 2 aromatic rings. The van der Waals surface area contributed by atoms with E-state index >= 15 is 0 Å². The Bertz CT molecular complexity index is 569. The van der Waals surface area contributed by atoms with Crippen LogP contribution in [0.15, 0.2) is 54.6 Å². The third-order valence-electron chi connectivity index (χ3n) is 3.12. The topological polar surface area (TPSA) is 3.24 Å². The van der Waals surface area contributed by atoms with Crippen molar-refractivity contribution in [2.75, 3.05) is 16.8 Å². The molecule has 0 N–H and O–H groups in total. The molecule has 0 bridgehead atoms.